The molecule has 0 bridgehead atoms. The van der Waals surface area contributed by atoms with E-state index in [0.29, 0.717) is 0 Å². The number of terminal acetylenes is 1. The van der Waals surface area contributed by atoms with Crippen molar-refractivity contribution in [2.24, 2.45) is 0 Å². The molecule has 5 heteroatoms. The molecule has 0 rings (SSSR count). The van der Waals surface area contributed by atoms with Gasteiger partial charge in [0, 0.05) is 7.11 Å². The van der Waals surface area contributed by atoms with Crippen molar-refractivity contribution in [2.75, 3.05) is 7.11 Å². The zero-order chi connectivity index (χ0) is 10.7. The van der Waals surface area contributed by atoms with Crippen LogP contribution >= 0.6 is 7.60 Å². The Morgan fingerprint density at radius 2 is 1.92 bits per heavy atom. The quantitative estimate of drug-likeness (QED) is 0.415. The molecule has 0 heterocycles. The molecule has 0 aliphatic heterocycles. The van der Waals surface area contributed by atoms with Crippen LogP contribution in [0.15, 0.2) is 0 Å². The van der Waals surface area contributed by atoms with E-state index in [1.165, 1.54) is 7.11 Å². The predicted octanol–water partition coefficient (Wildman–Crippen LogP) is 2.70. The fraction of sp³-hybridized carbons (Fsp3) is 0.750. The van der Waals surface area contributed by atoms with E-state index in [2.05, 4.69) is 5.92 Å². The highest BCUT2D eigenvalue weighted by atomic mass is 31.2. The third-order valence-electron chi connectivity index (χ3n) is 1.37. The van der Waals surface area contributed by atoms with Gasteiger partial charge in [0.15, 0.2) is 8.32 Å². The first-order chi connectivity index (χ1) is 5.75. The van der Waals surface area contributed by atoms with E-state index >= 15 is 0 Å². The van der Waals surface area contributed by atoms with Crippen molar-refractivity contribution in [1.29, 1.82) is 0 Å². The maximum atomic E-state index is 12.0. The summed E-state index contributed by atoms with van der Waals surface area (Å²) in [6.45, 7) is 7.51. The molecule has 0 aliphatic rings. The minimum absolute atomic E-state index is 0.482. The van der Waals surface area contributed by atoms with E-state index in [4.69, 9.17) is 15.2 Å². The maximum absolute atomic E-state index is 12.0. The van der Waals surface area contributed by atoms with Gasteiger partial charge < -0.3 is 8.74 Å². The van der Waals surface area contributed by atoms with Crippen LogP contribution in [-0.2, 0) is 13.3 Å². The van der Waals surface area contributed by atoms with Gasteiger partial charge in [-0.15, -0.1) is 6.42 Å². The average molecular weight is 220 g/mol. The van der Waals surface area contributed by atoms with Crippen molar-refractivity contribution >= 4 is 15.9 Å². The van der Waals surface area contributed by atoms with Crippen LogP contribution in [0.4, 0.5) is 0 Å². The molecule has 0 spiro atoms. The molecule has 0 aromatic carbocycles. The lowest BCUT2D eigenvalue weighted by Gasteiger charge is -2.26. The molecule has 0 aliphatic carbocycles. The van der Waals surface area contributed by atoms with Gasteiger partial charge in [0.2, 0.25) is 0 Å². The topological polar surface area (TPSA) is 35.5 Å². The third kappa shape index (κ3) is 4.10. The van der Waals surface area contributed by atoms with Gasteiger partial charge in [-0.3, -0.25) is 4.57 Å². The van der Waals surface area contributed by atoms with Crippen LogP contribution in [-0.4, -0.2) is 21.1 Å². The smallest absolute Gasteiger partial charge is 0.335 e. The van der Waals surface area contributed by atoms with Crippen LogP contribution in [0.2, 0.25) is 19.6 Å². The summed E-state index contributed by atoms with van der Waals surface area (Å²) < 4.78 is 22.3. The molecule has 0 saturated heterocycles. The van der Waals surface area contributed by atoms with E-state index < -0.39 is 21.6 Å². The zero-order valence-corrected chi connectivity index (χ0v) is 10.7. The van der Waals surface area contributed by atoms with Crippen LogP contribution in [0.1, 0.15) is 6.92 Å². The fourth-order valence-electron chi connectivity index (χ4n) is 0.747. The van der Waals surface area contributed by atoms with Gasteiger partial charge >= 0.3 is 7.60 Å². The van der Waals surface area contributed by atoms with E-state index in [-0.39, 0.29) is 0 Å². The van der Waals surface area contributed by atoms with Gasteiger partial charge in [-0.2, -0.15) is 0 Å². The van der Waals surface area contributed by atoms with E-state index in [1.807, 2.05) is 19.6 Å². The molecular weight excluding hydrogens is 203 g/mol. The van der Waals surface area contributed by atoms with Crippen LogP contribution < -0.4 is 0 Å². The fourth-order valence-corrected chi connectivity index (χ4v) is 5.23. The molecule has 2 atom stereocenters. The normalized spacial score (nSPS) is 18.8. The second kappa shape index (κ2) is 4.43. The SMILES string of the molecule is C#CC(C)P(=O)(OC)O[Si](C)(C)C. The Bertz CT molecular complexity index is 251. The van der Waals surface area contributed by atoms with Crippen molar-refractivity contribution in [3.05, 3.63) is 0 Å². The molecule has 0 saturated carbocycles. The Hall–Kier alpha value is -0.0731. The minimum atomic E-state index is -3.09. The Balaban J connectivity index is 4.69. The molecule has 2 unspecified atom stereocenters. The Labute approximate surface area is 81.5 Å². The highest BCUT2D eigenvalue weighted by Crippen LogP contribution is 2.53. The number of rotatable bonds is 4. The molecule has 13 heavy (non-hydrogen) atoms. The Morgan fingerprint density at radius 1 is 1.46 bits per heavy atom. The number of hydrogen-bond acceptors (Lipinski definition) is 3. The monoisotopic (exact) mass is 220 g/mol. The summed E-state index contributed by atoms with van der Waals surface area (Å²) in [5, 5.41) is 0. The van der Waals surface area contributed by atoms with E-state index in [1.54, 1.807) is 6.92 Å². The van der Waals surface area contributed by atoms with Crippen molar-refractivity contribution in [1.82, 2.24) is 0 Å². The molecule has 0 amide bonds. The summed E-state index contributed by atoms with van der Waals surface area (Å²) >= 11 is 0. The van der Waals surface area contributed by atoms with Crippen molar-refractivity contribution in [3.63, 3.8) is 0 Å². The van der Waals surface area contributed by atoms with Crippen LogP contribution in [0, 0.1) is 12.3 Å². The lowest BCUT2D eigenvalue weighted by atomic mass is 10.5. The van der Waals surface area contributed by atoms with Crippen molar-refractivity contribution in [3.8, 4) is 12.3 Å². The average Bonchev–Trinajstić information content (AvgIpc) is 1.99. The molecule has 76 valence electrons. The lowest BCUT2D eigenvalue weighted by Crippen LogP contribution is -2.26. The van der Waals surface area contributed by atoms with Gasteiger partial charge in [-0.25, -0.2) is 0 Å². The molecule has 0 aromatic rings. The Morgan fingerprint density at radius 3 is 2.15 bits per heavy atom. The lowest BCUT2D eigenvalue weighted by molar-refractivity contribution is 0.316. The molecule has 0 N–H and O–H groups in total. The van der Waals surface area contributed by atoms with Crippen LogP contribution in [0.25, 0.3) is 0 Å². The molecule has 0 radical (unpaired) electrons. The Kier molecular flexibility index (Phi) is 4.41. The van der Waals surface area contributed by atoms with Gasteiger partial charge in [0.25, 0.3) is 0 Å². The standard InChI is InChI=1S/C8H17O3PSi/c1-7-8(2)12(9,10-3)11-13(4,5)6/h1,8H,2-6H3. The first kappa shape index (κ1) is 12.9. The van der Waals surface area contributed by atoms with Crippen molar-refractivity contribution < 1.29 is 13.3 Å². The molecule has 3 nitrogen and oxygen atoms in total. The molecule has 0 fully saturated rings. The zero-order valence-electron chi connectivity index (χ0n) is 8.83. The summed E-state index contributed by atoms with van der Waals surface area (Å²) in [5.41, 5.74) is -0.482. The van der Waals surface area contributed by atoms with Gasteiger partial charge in [0.1, 0.15) is 5.66 Å². The maximum Gasteiger partial charge on any atom is 0.335 e. The summed E-state index contributed by atoms with van der Waals surface area (Å²) in [6.07, 6.45) is 5.19. The first-order valence-corrected chi connectivity index (χ1v) is 9.09. The van der Waals surface area contributed by atoms with Crippen LogP contribution in [0.5, 0.6) is 0 Å². The van der Waals surface area contributed by atoms with Gasteiger partial charge in [0.05, 0.1) is 0 Å². The second-order valence-corrected chi connectivity index (χ2v) is 10.9. The number of hydrogen-bond donors (Lipinski definition) is 0. The largest absolute Gasteiger partial charge is 0.350 e. The summed E-state index contributed by atoms with van der Waals surface area (Å²) in [4.78, 5) is 0. The highest BCUT2D eigenvalue weighted by Gasteiger charge is 2.35. The van der Waals surface area contributed by atoms with Crippen LogP contribution in [0.3, 0.4) is 0 Å². The second-order valence-electron chi connectivity index (χ2n) is 3.77. The molecule has 0 aromatic heterocycles. The van der Waals surface area contributed by atoms with Gasteiger partial charge in [-0.05, 0) is 26.6 Å². The first-order valence-electron chi connectivity index (χ1n) is 4.07. The summed E-state index contributed by atoms with van der Waals surface area (Å²) in [7, 11) is -3.59. The van der Waals surface area contributed by atoms with E-state index in [0.717, 1.165) is 0 Å². The summed E-state index contributed by atoms with van der Waals surface area (Å²) in [6, 6.07) is 0. The minimum Gasteiger partial charge on any atom is -0.350 e. The molecular formula is C8H17O3PSi. The van der Waals surface area contributed by atoms with E-state index in [9.17, 15) is 4.57 Å². The summed E-state index contributed by atoms with van der Waals surface area (Å²) in [5.74, 6) is 2.39. The third-order valence-corrected chi connectivity index (χ3v) is 6.19. The van der Waals surface area contributed by atoms with Crippen molar-refractivity contribution in [2.45, 2.75) is 32.2 Å². The predicted molar refractivity (Wildman–Crippen MR) is 57.3 cm³/mol. The van der Waals surface area contributed by atoms with Gasteiger partial charge in [-0.1, -0.05) is 5.92 Å². The highest BCUT2D eigenvalue weighted by molar-refractivity contribution is 7.56.